The molecule has 0 saturated carbocycles. The highest BCUT2D eigenvalue weighted by Gasteiger charge is 2.14. The van der Waals surface area contributed by atoms with Gasteiger partial charge < -0.3 is 4.74 Å². The molecule has 2 aromatic rings. The Hall–Kier alpha value is -1.43. The summed E-state index contributed by atoms with van der Waals surface area (Å²) in [5, 5.41) is 4.10. The van der Waals surface area contributed by atoms with Gasteiger partial charge >= 0.3 is 5.97 Å². The quantitative estimate of drug-likeness (QED) is 0.779. The van der Waals surface area contributed by atoms with E-state index in [9.17, 15) is 4.79 Å². The van der Waals surface area contributed by atoms with Crippen molar-refractivity contribution in [2.45, 2.75) is 6.92 Å². The van der Waals surface area contributed by atoms with E-state index in [1.54, 1.807) is 25.4 Å². The monoisotopic (exact) mass is 269 g/mol. The Morgan fingerprint density at radius 3 is 3.20 bits per heavy atom. The summed E-state index contributed by atoms with van der Waals surface area (Å²) in [5.74, 6) is -0.392. The van der Waals surface area contributed by atoms with E-state index in [1.807, 2.05) is 0 Å². The predicted octanol–water partition coefficient (Wildman–Crippen LogP) is 1.67. The van der Waals surface area contributed by atoms with Crippen LogP contribution in [0, 0.1) is 0 Å². The van der Waals surface area contributed by atoms with Crippen molar-refractivity contribution in [3.8, 4) is 0 Å². The summed E-state index contributed by atoms with van der Waals surface area (Å²) in [6.07, 6.45) is 3.25. The fourth-order valence-corrected chi connectivity index (χ4v) is 1.64. The maximum Gasteiger partial charge on any atom is 0.342 e. The number of nitrogens with zero attached hydrogens (tertiary/aromatic N) is 3. The average Bonchev–Trinajstić information content (AvgIpc) is 2.64. The smallest absolute Gasteiger partial charge is 0.342 e. The number of hydrogen-bond donors (Lipinski definition) is 0. The molecule has 0 unspecified atom stereocenters. The van der Waals surface area contributed by atoms with E-state index in [4.69, 9.17) is 4.74 Å². The number of aromatic nitrogens is 3. The summed E-state index contributed by atoms with van der Waals surface area (Å²) >= 11 is 3.22. The molecular weight excluding hydrogens is 262 g/mol. The summed E-state index contributed by atoms with van der Waals surface area (Å²) in [5.41, 5.74) is 0.903. The van der Waals surface area contributed by atoms with E-state index >= 15 is 0 Å². The standard InChI is InChI=1S/C9H8BrN3O2/c1-2-15-9(14)6-5-7(10)12-13-4-3-11-8(6)13/h3-5H,2H2,1H3. The molecule has 0 fully saturated rings. The maximum atomic E-state index is 11.6. The molecule has 0 saturated heterocycles. The van der Waals surface area contributed by atoms with Crippen LogP contribution in [-0.2, 0) is 4.74 Å². The maximum absolute atomic E-state index is 11.6. The number of halogens is 1. The molecule has 2 heterocycles. The molecule has 0 aliphatic heterocycles. The molecule has 6 heteroatoms. The van der Waals surface area contributed by atoms with Crippen LogP contribution in [0.5, 0.6) is 0 Å². The Morgan fingerprint density at radius 1 is 1.67 bits per heavy atom. The lowest BCUT2D eigenvalue weighted by atomic mass is 10.3. The first-order valence-electron chi connectivity index (χ1n) is 4.39. The number of carbonyl (C=O) groups is 1. The first-order valence-corrected chi connectivity index (χ1v) is 5.18. The first kappa shape index (κ1) is 10.1. The minimum absolute atomic E-state index is 0.339. The normalized spacial score (nSPS) is 10.5. The van der Waals surface area contributed by atoms with Crippen molar-refractivity contribution in [1.82, 2.24) is 14.6 Å². The van der Waals surface area contributed by atoms with Crippen molar-refractivity contribution in [1.29, 1.82) is 0 Å². The molecule has 0 N–H and O–H groups in total. The number of carbonyl (C=O) groups excluding carboxylic acids is 1. The van der Waals surface area contributed by atoms with Gasteiger partial charge in [-0.3, -0.25) is 0 Å². The van der Waals surface area contributed by atoms with Gasteiger partial charge in [0.25, 0.3) is 0 Å². The lowest BCUT2D eigenvalue weighted by Gasteiger charge is -2.03. The van der Waals surface area contributed by atoms with Crippen molar-refractivity contribution in [3.63, 3.8) is 0 Å². The minimum Gasteiger partial charge on any atom is -0.462 e. The molecule has 2 rings (SSSR count). The molecule has 15 heavy (non-hydrogen) atoms. The van der Waals surface area contributed by atoms with Crippen LogP contribution in [0.25, 0.3) is 5.65 Å². The second-order valence-electron chi connectivity index (χ2n) is 2.80. The van der Waals surface area contributed by atoms with Crippen molar-refractivity contribution < 1.29 is 9.53 Å². The molecule has 0 amide bonds. The molecule has 2 aromatic heterocycles. The van der Waals surface area contributed by atoms with Crippen LogP contribution in [0.15, 0.2) is 23.1 Å². The van der Waals surface area contributed by atoms with E-state index in [1.165, 1.54) is 4.52 Å². The molecular formula is C9H8BrN3O2. The molecule has 78 valence electrons. The van der Waals surface area contributed by atoms with Gasteiger partial charge in [-0.15, -0.1) is 0 Å². The zero-order chi connectivity index (χ0) is 10.8. The van der Waals surface area contributed by atoms with Crippen LogP contribution in [0.2, 0.25) is 0 Å². The summed E-state index contributed by atoms with van der Waals surface area (Å²) in [4.78, 5) is 15.6. The van der Waals surface area contributed by atoms with Crippen LogP contribution in [0.4, 0.5) is 0 Å². The first-order chi connectivity index (χ1) is 7.22. The van der Waals surface area contributed by atoms with Crippen LogP contribution >= 0.6 is 15.9 Å². The van der Waals surface area contributed by atoms with E-state index in [0.717, 1.165) is 0 Å². The Bertz CT molecular complexity index is 509. The average molecular weight is 270 g/mol. The second kappa shape index (κ2) is 3.98. The lowest BCUT2D eigenvalue weighted by molar-refractivity contribution is 0.0527. The van der Waals surface area contributed by atoms with Gasteiger partial charge in [-0.1, -0.05) is 0 Å². The van der Waals surface area contributed by atoms with Gasteiger partial charge in [0, 0.05) is 12.4 Å². The molecule has 0 aliphatic rings. The zero-order valence-corrected chi connectivity index (χ0v) is 9.56. The van der Waals surface area contributed by atoms with Gasteiger partial charge in [0.2, 0.25) is 0 Å². The lowest BCUT2D eigenvalue weighted by Crippen LogP contribution is -2.08. The topological polar surface area (TPSA) is 56.5 Å². The van der Waals surface area contributed by atoms with Gasteiger partial charge in [0.1, 0.15) is 10.2 Å². The summed E-state index contributed by atoms with van der Waals surface area (Å²) in [6, 6.07) is 1.60. The Labute approximate surface area is 94.2 Å². The van der Waals surface area contributed by atoms with Gasteiger partial charge in [0.15, 0.2) is 5.65 Å². The number of fused-ring (bicyclic) bond motifs is 1. The summed E-state index contributed by atoms with van der Waals surface area (Å²) < 4.78 is 7.01. The van der Waals surface area contributed by atoms with E-state index in [0.29, 0.717) is 22.4 Å². The third-order valence-electron chi connectivity index (χ3n) is 1.82. The van der Waals surface area contributed by atoms with Crippen LogP contribution < -0.4 is 0 Å². The molecule has 0 spiro atoms. The third kappa shape index (κ3) is 1.85. The van der Waals surface area contributed by atoms with Crippen LogP contribution in [0.1, 0.15) is 17.3 Å². The summed E-state index contributed by atoms with van der Waals surface area (Å²) in [7, 11) is 0. The van der Waals surface area contributed by atoms with Crippen molar-refractivity contribution in [3.05, 3.63) is 28.6 Å². The molecule has 0 aromatic carbocycles. The number of hydrogen-bond acceptors (Lipinski definition) is 4. The molecule has 0 aliphatic carbocycles. The van der Waals surface area contributed by atoms with Gasteiger partial charge in [-0.25, -0.2) is 14.3 Å². The van der Waals surface area contributed by atoms with Crippen LogP contribution in [-0.4, -0.2) is 27.2 Å². The number of imidazole rings is 1. The molecule has 5 nitrogen and oxygen atoms in total. The van der Waals surface area contributed by atoms with Crippen LogP contribution in [0.3, 0.4) is 0 Å². The minimum atomic E-state index is -0.392. The highest BCUT2D eigenvalue weighted by atomic mass is 79.9. The number of ether oxygens (including phenoxy) is 1. The Kier molecular flexibility index (Phi) is 2.68. The highest BCUT2D eigenvalue weighted by molar-refractivity contribution is 9.10. The summed E-state index contributed by atoms with van der Waals surface area (Å²) in [6.45, 7) is 2.10. The number of esters is 1. The molecule has 0 radical (unpaired) electrons. The third-order valence-corrected chi connectivity index (χ3v) is 2.21. The van der Waals surface area contributed by atoms with Gasteiger partial charge in [-0.05, 0) is 28.9 Å². The van der Waals surface area contributed by atoms with E-state index < -0.39 is 5.97 Å². The van der Waals surface area contributed by atoms with Crippen molar-refractivity contribution >= 4 is 27.5 Å². The Morgan fingerprint density at radius 2 is 2.47 bits per heavy atom. The van der Waals surface area contributed by atoms with Gasteiger partial charge in [0.05, 0.1) is 6.61 Å². The number of rotatable bonds is 2. The largest absolute Gasteiger partial charge is 0.462 e. The molecule has 0 atom stereocenters. The predicted molar refractivity (Wildman–Crippen MR) is 56.6 cm³/mol. The van der Waals surface area contributed by atoms with E-state index in [-0.39, 0.29) is 0 Å². The highest BCUT2D eigenvalue weighted by Crippen LogP contribution is 2.14. The van der Waals surface area contributed by atoms with E-state index in [2.05, 4.69) is 26.0 Å². The second-order valence-corrected chi connectivity index (χ2v) is 3.61. The zero-order valence-electron chi connectivity index (χ0n) is 7.98. The van der Waals surface area contributed by atoms with Crippen molar-refractivity contribution in [2.24, 2.45) is 0 Å². The fraction of sp³-hybridized carbons (Fsp3) is 0.222. The van der Waals surface area contributed by atoms with Crippen molar-refractivity contribution in [2.75, 3.05) is 6.61 Å². The van der Waals surface area contributed by atoms with Gasteiger partial charge in [-0.2, -0.15) is 5.10 Å². The SMILES string of the molecule is CCOC(=O)c1cc(Br)nn2ccnc12. The fourth-order valence-electron chi connectivity index (χ4n) is 1.24. The molecule has 0 bridgehead atoms. The Balaban J connectivity index is 2.57.